The lowest BCUT2D eigenvalue weighted by Gasteiger charge is -2.20. The number of esters is 1. The van der Waals surface area contributed by atoms with Crippen molar-refractivity contribution >= 4 is 23.3 Å². The lowest BCUT2D eigenvalue weighted by Crippen LogP contribution is -2.42. The largest absolute Gasteiger partial charge is 0.449 e. The highest BCUT2D eigenvalue weighted by Crippen LogP contribution is 2.06. The minimum Gasteiger partial charge on any atom is -0.449 e. The van der Waals surface area contributed by atoms with Gasteiger partial charge in [-0.2, -0.15) is 0 Å². The van der Waals surface area contributed by atoms with Crippen molar-refractivity contribution in [2.45, 2.75) is 20.3 Å². The summed E-state index contributed by atoms with van der Waals surface area (Å²) in [6, 6.07) is 0. The Morgan fingerprint density at radius 1 is 1.42 bits per heavy atom. The first kappa shape index (κ1) is 15.5. The second kappa shape index (κ2) is 8.51. The minimum absolute atomic E-state index is 0.0650. The van der Waals surface area contributed by atoms with E-state index in [0.717, 1.165) is 6.42 Å². The molecule has 104 valence electrons. The Morgan fingerprint density at radius 3 is 2.84 bits per heavy atom. The molecule has 1 aliphatic heterocycles. The van der Waals surface area contributed by atoms with Gasteiger partial charge in [-0.05, 0) is 25.6 Å². The van der Waals surface area contributed by atoms with E-state index in [9.17, 15) is 4.79 Å². The molecule has 0 saturated carbocycles. The van der Waals surface area contributed by atoms with Gasteiger partial charge < -0.3 is 20.1 Å². The third-order valence-corrected chi connectivity index (χ3v) is 2.60. The highest BCUT2D eigenvalue weighted by atomic mass is 32.1. The van der Waals surface area contributed by atoms with Gasteiger partial charge in [-0.1, -0.05) is 18.8 Å². The zero-order valence-corrected chi connectivity index (χ0v) is 12.0. The van der Waals surface area contributed by atoms with Gasteiger partial charge in [0.25, 0.3) is 0 Å². The molecule has 1 heterocycles. The number of nitrogens with one attached hydrogen (secondary N) is 2. The molecule has 0 aromatic heterocycles. The van der Waals surface area contributed by atoms with E-state index in [1.54, 1.807) is 6.92 Å². The lowest BCUT2D eigenvalue weighted by atomic mass is 10.2. The number of allylic oxidation sites excluding steroid dienone is 1. The van der Waals surface area contributed by atoms with Crippen molar-refractivity contribution in [2.24, 2.45) is 0 Å². The number of carbonyl (C=O) groups excluding carboxylic acids is 1. The lowest BCUT2D eigenvalue weighted by molar-refractivity contribution is -0.137. The molecule has 0 radical (unpaired) electrons. The number of hydrogen-bond acceptors (Lipinski definition) is 4. The van der Waals surface area contributed by atoms with Crippen LogP contribution in [0.5, 0.6) is 0 Å². The fourth-order valence-corrected chi connectivity index (χ4v) is 1.60. The maximum Gasteiger partial charge on any atom is 0.338 e. The zero-order valence-electron chi connectivity index (χ0n) is 11.2. The number of thiocarbonyl (C=S) groups is 1. The van der Waals surface area contributed by atoms with Crippen molar-refractivity contribution in [1.82, 2.24) is 10.6 Å². The first-order valence-electron chi connectivity index (χ1n) is 6.10. The molecule has 0 aromatic carbocycles. The molecule has 0 amide bonds. The van der Waals surface area contributed by atoms with Gasteiger partial charge in [-0.3, -0.25) is 0 Å². The smallest absolute Gasteiger partial charge is 0.338 e. The molecule has 0 unspecified atom stereocenters. The van der Waals surface area contributed by atoms with E-state index in [1.165, 1.54) is 0 Å². The van der Waals surface area contributed by atoms with Crippen molar-refractivity contribution in [2.75, 3.05) is 26.4 Å². The van der Waals surface area contributed by atoms with Gasteiger partial charge in [0.05, 0.1) is 12.1 Å². The molecular weight excluding hydrogens is 264 g/mol. The summed E-state index contributed by atoms with van der Waals surface area (Å²) < 4.78 is 10.2. The third kappa shape index (κ3) is 5.73. The molecule has 0 spiro atoms. The molecule has 0 bridgehead atoms. The van der Waals surface area contributed by atoms with Crippen LogP contribution in [0, 0.1) is 11.8 Å². The second-order valence-corrected chi connectivity index (χ2v) is 4.30. The Balaban J connectivity index is 2.31. The van der Waals surface area contributed by atoms with E-state index >= 15 is 0 Å². The average molecular weight is 282 g/mol. The summed E-state index contributed by atoms with van der Waals surface area (Å²) in [6.45, 7) is 5.32. The normalized spacial score (nSPS) is 14.1. The summed E-state index contributed by atoms with van der Waals surface area (Å²) in [6.07, 6.45) is 0.964. The molecule has 1 rings (SSSR count). The van der Waals surface area contributed by atoms with Crippen molar-refractivity contribution < 1.29 is 14.3 Å². The molecular formula is C13H18N2O3S. The molecule has 19 heavy (non-hydrogen) atoms. The Hall–Kier alpha value is -1.58. The van der Waals surface area contributed by atoms with Gasteiger partial charge in [0, 0.05) is 12.3 Å². The van der Waals surface area contributed by atoms with E-state index in [-0.39, 0.29) is 12.6 Å². The number of hydrogen-bond donors (Lipinski definition) is 2. The summed E-state index contributed by atoms with van der Waals surface area (Å²) in [7, 11) is 0. The summed E-state index contributed by atoms with van der Waals surface area (Å²) >= 11 is 4.93. The van der Waals surface area contributed by atoms with Crippen molar-refractivity contribution in [3.63, 3.8) is 0 Å². The highest BCUT2D eigenvalue weighted by molar-refractivity contribution is 7.80. The van der Waals surface area contributed by atoms with Crippen LogP contribution in [-0.4, -0.2) is 37.4 Å². The van der Waals surface area contributed by atoms with Crippen LogP contribution in [0.15, 0.2) is 11.3 Å². The van der Waals surface area contributed by atoms with Crippen LogP contribution in [0.2, 0.25) is 0 Å². The maximum atomic E-state index is 11.7. The monoisotopic (exact) mass is 282 g/mol. The van der Waals surface area contributed by atoms with Crippen molar-refractivity contribution in [1.29, 1.82) is 0 Å². The molecule has 0 atom stereocenters. The zero-order chi connectivity index (χ0) is 14.1. The van der Waals surface area contributed by atoms with Crippen LogP contribution in [-0.2, 0) is 14.3 Å². The molecule has 1 aliphatic rings. The number of carbonyl (C=O) groups is 1. The van der Waals surface area contributed by atoms with E-state index < -0.39 is 0 Å². The number of ether oxygens (including phenoxy) is 2. The van der Waals surface area contributed by atoms with Crippen LogP contribution >= 0.6 is 12.2 Å². The van der Waals surface area contributed by atoms with Crippen LogP contribution < -0.4 is 10.6 Å². The first-order valence-corrected chi connectivity index (χ1v) is 6.51. The molecule has 0 saturated heterocycles. The van der Waals surface area contributed by atoms with E-state index in [0.29, 0.717) is 36.1 Å². The summed E-state index contributed by atoms with van der Waals surface area (Å²) in [5.74, 6) is 5.12. The van der Waals surface area contributed by atoms with Crippen molar-refractivity contribution in [3.8, 4) is 11.8 Å². The third-order valence-electron chi connectivity index (χ3n) is 2.35. The fourth-order valence-electron chi connectivity index (χ4n) is 1.37. The van der Waals surface area contributed by atoms with E-state index in [2.05, 4.69) is 22.5 Å². The van der Waals surface area contributed by atoms with Crippen LogP contribution in [0.4, 0.5) is 0 Å². The summed E-state index contributed by atoms with van der Waals surface area (Å²) in [5, 5.41) is 6.27. The summed E-state index contributed by atoms with van der Waals surface area (Å²) in [5.41, 5.74) is 1.26. The van der Waals surface area contributed by atoms with Gasteiger partial charge in [0.2, 0.25) is 0 Å². The quantitative estimate of drug-likeness (QED) is 0.335. The molecule has 0 aromatic rings. The summed E-state index contributed by atoms with van der Waals surface area (Å²) in [4.78, 5) is 11.7. The predicted molar refractivity (Wildman–Crippen MR) is 76.3 cm³/mol. The van der Waals surface area contributed by atoms with Crippen LogP contribution in [0.1, 0.15) is 20.3 Å². The van der Waals surface area contributed by atoms with Crippen LogP contribution in [0.25, 0.3) is 0 Å². The Bertz CT molecular complexity index is 435. The van der Waals surface area contributed by atoms with Crippen LogP contribution in [0.3, 0.4) is 0 Å². The topological polar surface area (TPSA) is 59.6 Å². The fraction of sp³-hybridized carbons (Fsp3) is 0.538. The Kier molecular flexibility index (Phi) is 6.93. The predicted octanol–water partition coefficient (Wildman–Crippen LogP) is 0.711. The SMILES string of the molecule is CCCOCC#CCOC(=O)C1=C(C)NC(=S)NC1. The molecule has 5 nitrogen and oxygen atoms in total. The van der Waals surface area contributed by atoms with Gasteiger partial charge in [0.15, 0.2) is 11.7 Å². The molecule has 2 N–H and O–H groups in total. The van der Waals surface area contributed by atoms with E-state index in [1.807, 2.05) is 6.92 Å². The van der Waals surface area contributed by atoms with Gasteiger partial charge in [0.1, 0.15) is 6.61 Å². The van der Waals surface area contributed by atoms with Gasteiger partial charge >= 0.3 is 5.97 Å². The van der Waals surface area contributed by atoms with E-state index in [4.69, 9.17) is 21.7 Å². The van der Waals surface area contributed by atoms with Gasteiger partial charge in [-0.25, -0.2) is 4.79 Å². The van der Waals surface area contributed by atoms with Gasteiger partial charge in [-0.15, -0.1) is 0 Å². The second-order valence-electron chi connectivity index (χ2n) is 3.89. The Morgan fingerprint density at radius 2 is 2.16 bits per heavy atom. The van der Waals surface area contributed by atoms with Crippen molar-refractivity contribution in [3.05, 3.63) is 11.3 Å². The first-order chi connectivity index (χ1) is 9.15. The standard InChI is InChI=1S/C13H18N2O3S/c1-3-6-17-7-4-5-8-18-12(16)11-9-14-13(19)15-10(11)2/h3,6-9H2,1-2H3,(H2,14,15,19). The number of rotatable bonds is 5. The highest BCUT2D eigenvalue weighted by Gasteiger charge is 2.19. The average Bonchev–Trinajstić information content (AvgIpc) is 2.37. The molecule has 0 aliphatic carbocycles. The maximum absolute atomic E-state index is 11.7. The minimum atomic E-state index is -0.385. The molecule has 0 fully saturated rings. The Labute approximate surface area is 118 Å². The molecule has 6 heteroatoms.